The number of guanidine groups is 1. The van der Waals surface area contributed by atoms with Crippen LogP contribution in [-0.4, -0.2) is 56.5 Å². The van der Waals surface area contributed by atoms with Crippen molar-refractivity contribution in [2.24, 2.45) is 10.4 Å². The molecule has 0 radical (unpaired) electrons. The van der Waals surface area contributed by atoms with Gasteiger partial charge >= 0.3 is 0 Å². The molecular formula is C16H33N3O2S2. The number of sulfone groups is 1. The van der Waals surface area contributed by atoms with Crippen molar-refractivity contribution in [1.82, 2.24) is 10.6 Å². The Morgan fingerprint density at radius 2 is 2.04 bits per heavy atom. The molecule has 0 bridgehead atoms. The van der Waals surface area contributed by atoms with Crippen LogP contribution in [0.25, 0.3) is 0 Å². The normalized spacial score (nSPS) is 23.1. The molecule has 0 aromatic carbocycles. The van der Waals surface area contributed by atoms with Gasteiger partial charge in [0.2, 0.25) is 0 Å². The van der Waals surface area contributed by atoms with Gasteiger partial charge in [-0.2, -0.15) is 11.8 Å². The maximum atomic E-state index is 11.3. The minimum atomic E-state index is -2.92. The van der Waals surface area contributed by atoms with Crippen LogP contribution in [0.15, 0.2) is 4.99 Å². The van der Waals surface area contributed by atoms with E-state index in [0.29, 0.717) is 17.7 Å². The molecule has 0 amide bonds. The maximum absolute atomic E-state index is 11.3. The van der Waals surface area contributed by atoms with Gasteiger partial charge in [-0.15, -0.1) is 0 Å². The molecule has 1 saturated heterocycles. The minimum absolute atomic E-state index is 0.128. The van der Waals surface area contributed by atoms with E-state index < -0.39 is 9.84 Å². The zero-order valence-corrected chi connectivity index (χ0v) is 16.9. The predicted octanol–water partition coefficient (Wildman–Crippen LogP) is 2.29. The van der Waals surface area contributed by atoms with Gasteiger partial charge in [-0.3, -0.25) is 4.99 Å². The van der Waals surface area contributed by atoms with E-state index >= 15 is 0 Å². The second kappa shape index (κ2) is 8.60. The molecule has 1 heterocycles. The van der Waals surface area contributed by atoms with Crippen LogP contribution < -0.4 is 10.6 Å². The number of aliphatic imine (C=N–C) groups is 1. The first kappa shape index (κ1) is 20.6. The van der Waals surface area contributed by atoms with Crippen LogP contribution in [0.1, 0.15) is 47.0 Å². The molecule has 1 unspecified atom stereocenters. The van der Waals surface area contributed by atoms with Crippen LogP contribution in [0.2, 0.25) is 0 Å². The molecule has 1 rings (SSSR count). The Bertz CT molecular complexity index is 495. The lowest BCUT2D eigenvalue weighted by Crippen LogP contribution is -2.44. The van der Waals surface area contributed by atoms with Gasteiger partial charge in [0.25, 0.3) is 0 Å². The van der Waals surface area contributed by atoms with Crippen LogP contribution >= 0.6 is 11.8 Å². The third-order valence-electron chi connectivity index (χ3n) is 4.09. The van der Waals surface area contributed by atoms with Crippen LogP contribution in [0.4, 0.5) is 0 Å². The molecule has 7 heteroatoms. The van der Waals surface area contributed by atoms with E-state index in [4.69, 9.17) is 0 Å². The molecule has 2 N–H and O–H groups in total. The van der Waals surface area contributed by atoms with Crippen molar-refractivity contribution in [3.05, 3.63) is 0 Å². The molecule has 5 nitrogen and oxygen atoms in total. The summed E-state index contributed by atoms with van der Waals surface area (Å²) in [7, 11) is -2.92. The Balaban J connectivity index is 2.55. The molecule has 1 aliphatic heterocycles. The summed E-state index contributed by atoms with van der Waals surface area (Å²) in [5.74, 6) is 2.28. The Morgan fingerprint density at radius 1 is 1.35 bits per heavy atom. The average Bonchev–Trinajstić information content (AvgIpc) is 2.87. The third-order valence-corrected chi connectivity index (χ3v) is 6.57. The lowest BCUT2D eigenvalue weighted by Gasteiger charge is -2.26. The smallest absolute Gasteiger partial charge is 0.191 e. The van der Waals surface area contributed by atoms with E-state index in [0.717, 1.165) is 19.0 Å². The zero-order chi connectivity index (χ0) is 17.6. The van der Waals surface area contributed by atoms with E-state index in [1.807, 2.05) is 11.8 Å². The largest absolute Gasteiger partial charge is 0.357 e. The molecule has 1 fully saturated rings. The Hall–Kier alpha value is -0.430. The topological polar surface area (TPSA) is 70.6 Å². The Morgan fingerprint density at radius 3 is 2.57 bits per heavy atom. The van der Waals surface area contributed by atoms with E-state index in [9.17, 15) is 8.42 Å². The number of hydrogen-bond acceptors (Lipinski definition) is 4. The Labute approximate surface area is 146 Å². The average molecular weight is 364 g/mol. The van der Waals surface area contributed by atoms with Gasteiger partial charge in [-0.1, -0.05) is 13.8 Å². The fraction of sp³-hybridized carbons (Fsp3) is 0.938. The predicted molar refractivity (Wildman–Crippen MR) is 102 cm³/mol. The van der Waals surface area contributed by atoms with Gasteiger partial charge < -0.3 is 10.6 Å². The standard InChI is InChI=1S/C16H33N3O2S2/c1-6-17-14(19-13-16(4)8-7-10-22-16)18-12-15(2,3)9-11-23(5,20)21/h6-13H2,1-5H3,(H2,17,18,19). The highest BCUT2D eigenvalue weighted by Gasteiger charge is 2.29. The highest BCUT2D eigenvalue weighted by atomic mass is 32.2. The van der Waals surface area contributed by atoms with Crippen molar-refractivity contribution in [2.45, 2.75) is 51.7 Å². The van der Waals surface area contributed by atoms with Crippen LogP contribution in [-0.2, 0) is 9.84 Å². The number of nitrogens with zero attached hydrogens (tertiary/aromatic N) is 1. The van der Waals surface area contributed by atoms with Crippen LogP contribution in [0.3, 0.4) is 0 Å². The maximum Gasteiger partial charge on any atom is 0.191 e. The highest BCUT2D eigenvalue weighted by molar-refractivity contribution is 8.00. The number of nitrogens with one attached hydrogen (secondary N) is 2. The summed E-state index contributed by atoms with van der Waals surface area (Å²) in [6.07, 6.45) is 4.44. The summed E-state index contributed by atoms with van der Waals surface area (Å²) in [5.41, 5.74) is -0.128. The lowest BCUT2D eigenvalue weighted by atomic mass is 9.90. The summed E-state index contributed by atoms with van der Waals surface area (Å²) in [5, 5.41) is 6.73. The zero-order valence-electron chi connectivity index (χ0n) is 15.2. The van der Waals surface area contributed by atoms with Crippen molar-refractivity contribution in [3.8, 4) is 0 Å². The molecule has 0 spiro atoms. The second-order valence-electron chi connectivity index (χ2n) is 7.49. The van der Waals surface area contributed by atoms with Crippen molar-refractivity contribution in [1.29, 1.82) is 0 Å². The molecule has 0 aromatic heterocycles. The summed E-state index contributed by atoms with van der Waals surface area (Å²) in [6.45, 7) is 10.8. The number of hydrogen-bond donors (Lipinski definition) is 2. The molecule has 0 aromatic rings. The number of thioether (sulfide) groups is 1. The molecule has 136 valence electrons. The molecule has 1 aliphatic rings. The van der Waals surface area contributed by atoms with Gasteiger partial charge in [-0.05, 0) is 44.3 Å². The lowest BCUT2D eigenvalue weighted by molar-refractivity contribution is 0.365. The molecule has 23 heavy (non-hydrogen) atoms. The quantitative estimate of drug-likeness (QED) is 0.511. The fourth-order valence-electron chi connectivity index (χ4n) is 2.42. The van der Waals surface area contributed by atoms with Crippen molar-refractivity contribution in [2.75, 3.05) is 37.4 Å². The first-order valence-corrected chi connectivity index (χ1v) is 11.4. The molecule has 0 saturated carbocycles. The number of rotatable bonds is 8. The third kappa shape index (κ3) is 8.84. The summed E-state index contributed by atoms with van der Waals surface area (Å²) >= 11 is 2.03. The van der Waals surface area contributed by atoms with Crippen LogP contribution in [0.5, 0.6) is 0 Å². The van der Waals surface area contributed by atoms with E-state index in [1.54, 1.807) is 0 Å². The molecule has 0 aliphatic carbocycles. The van der Waals surface area contributed by atoms with Crippen molar-refractivity contribution in [3.63, 3.8) is 0 Å². The molecular weight excluding hydrogens is 330 g/mol. The van der Waals surface area contributed by atoms with Crippen LogP contribution in [0, 0.1) is 5.41 Å². The van der Waals surface area contributed by atoms with Crippen molar-refractivity contribution < 1.29 is 8.42 Å². The van der Waals surface area contributed by atoms with Gasteiger partial charge in [0.05, 0.1) is 5.75 Å². The fourth-order valence-corrected chi connectivity index (χ4v) is 4.59. The molecule has 1 atom stereocenters. The van der Waals surface area contributed by atoms with Gasteiger partial charge in [0, 0.05) is 30.6 Å². The first-order valence-electron chi connectivity index (χ1n) is 8.39. The van der Waals surface area contributed by atoms with Gasteiger partial charge in [-0.25, -0.2) is 8.42 Å². The van der Waals surface area contributed by atoms with Gasteiger partial charge in [0.15, 0.2) is 5.96 Å². The van der Waals surface area contributed by atoms with Crippen molar-refractivity contribution >= 4 is 27.6 Å². The summed E-state index contributed by atoms with van der Waals surface area (Å²) in [4.78, 5) is 4.67. The summed E-state index contributed by atoms with van der Waals surface area (Å²) in [6, 6.07) is 0. The SMILES string of the molecule is CCNC(=NCC(C)(C)CCS(C)(=O)=O)NCC1(C)CCCS1. The monoisotopic (exact) mass is 363 g/mol. The van der Waals surface area contributed by atoms with E-state index in [-0.39, 0.29) is 11.2 Å². The Kier molecular flexibility index (Phi) is 7.71. The minimum Gasteiger partial charge on any atom is -0.357 e. The van der Waals surface area contributed by atoms with E-state index in [1.165, 1.54) is 24.9 Å². The summed E-state index contributed by atoms with van der Waals surface area (Å²) < 4.78 is 23.0. The highest BCUT2D eigenvalue weighted by Crippen LogP contribution is 2.36. The first-order chi connectivity index (χ1) is 10.6. The van der Waals surface area contributed by atoms with Gasteiger partial charge in [0.1, 0.15) is 9.84 Å². The second-order valence-corrected chi connectivity index (χ2v) is 11.4. The van der Waals surface area contributed by atoms with E-state index in [2.05, 4.69) is 43.3 Å².